The maximum absolute atomic E-state index is 5.47. The number of hydrogen-bond acceptors (Lipinski definition) is 3. The van der Waals surface area contributed by atoms with Gasteiger partial charge >= 0.3 is 0 Å². The Morgan fingerprint density at radius 2 is 2.14 bits per heavy atom. The third kappa shape index (κ3) is 5.68. The van der Waals surface area contributed by atoms with Crippen molar-refractivity contribution in [2.24, 2.45) is 5.92 Å². The molecule has 0 aromatic heterocycles. The lowest BCUT2D eigenvalue weighted by atomic mass is 9.89. The molecule has 0 aliphatic carbocycles. The average molecular weight is 291 g/mol. The zero-order valence-corrected chi connectivity index (χ0v) is 13.4. The summed E-state index contributed by atoms with van der Waals surface area (Å²) in [4.78, 5) is 0. The van der Waals surface area contributed by atoms with E-state index in [1.165, 1.54) is 31.2 Å². The number of hydrogen-bond donors (Lipinski definition) is 1. The SMILES string of the molecule is CCCNC(Cc1cccc(OC)c1)CC1CCOCC1. The number of rotatable bonds is 8. The summed E-state index contributed by atoms with van der Waals surface area (Å²) >= 11 is 0. The lowest BCUT2D eigenvalue weighted by Gasteiger charge is -2.27. The van der Waals surface area contributed by atoms with Crippen LogP contribution in [0.3, 0.4) is 0 Å². The number of methoxy groups -OCH3 is 1. The molecule has 0 saturated carbocycles. The molecule has 0 radical (unpaired) electrons. The first kappa shape index (κ1) is 16.3. The Hall–Kier alpha value is -1.06. The van der Waals surface area contributed by atoms with Crippen molar-refractivity contribution in [1.82, 2.24) is 5.32 Å². The van der Waals surface area contributed by atoms with Crippen molar-refractivity contribution in [2.75, 3.05) is 26.9 Å². The molecule has 1 fully saturated rings. The smallest absolute Gasteiger partial charge is 0.119 e. The normalized spacial score (nSPS) is 17.6. The third-order valence-corrected chi connectivity index (χ3v) is 4.26. The van der Waals surface area contributed by atoms with E-state index in [1.807, 2.05) is 6.07 Å². The second-order valence-electron chi connectivity index (χ2n) is 6.00. The highest BCUT2D eigenvalue weighted by molar-refractivity contribution is 5.29. The Bertz CT molecular complexity index is 402. The first-order valence-corrected chi connectivity index (χ1v) is 8.26. The molecule has 0 amide bonds. The van der Waals surface area contributed by atoms with Gasteiger partial charge in [0.2, 0.25) is 0 Å². The largest absolute Gasteiger partial charge is 0.497 e. The Balaban J connectivity index is 1.93. The molecule has 118 valence electrons. The lowest BCUT2D eigenvalue weighted by Crippen LogP contribution is -2.35. The van der Waals surface area contributed by atoms with Crippen LogP contribution in [0, 0.1) is 5.92 Å². The van der Waals surface area contributed by atoms with E-state index in [9.17, 15) is 0 Å². The Morgan fingerprint density at radius 1 is 1.33 bits per heavy atom. The highest BCUT2D eigenvalue weighted by atomic mass is 16.5. The standard InChI is InChI=1S/C18H29NO2/c1-3-9-19-17(12-15-7-10-21-11-8-15)13-16-5-4-6-18(14-16)20-2/h4-6,14-15,17,19H,3,7-13H2,1-2H3. The van der Waals surface area contributed by atoms with Gasteiger partial charge in [-0.15, -0.1) is 0 Å². The number of nitrogens with one attached hydrogen (secondary N) is 1. The van der Waals surface area contributed by atoms with Crippen LogP contribution in [0.4, 0.5) is 0 Å². The summed E-state index contributed by atoms with van der Waals surface area (Å²) in [6, 6.07) is 9.01. The van der Waals surface area contributed by atoms with Crippen LogP contribution in [-0.2, 0) is 11.2 Å². The molecule has 1 heterocycles. The summed E-state index contributed by atoms with van der Waals surface area (Å²) < 4.78 is 10.8. The Labute approximate surface area is 129 Å². The predicted molar refractivity (Wildman–Crippen MR) is 86.9 cm³/mol. The highest BCUT2D eigenvalue weighted by Crippen LogP contribution is 2.22. The second-order valence-corrected chi connectivity index (χ2v) is 6.00. The molecule has 21 heavy (non-hydrogen) atoms. The molecule has 1 aliphatic rings. The predicted octanol–water partition coefficient (Wildman–Crippen LogP) is 3.42. The summed E-state index contributed by atoms with van der Waals surface area (Å²) in [6.07, 6.45) is 5.93. The average Bonchev–Trinajstić information content (AvgIpc) is 2.54. The van der Waals surface area contributed by atoms with Crippen LogP contribution in [0.5, 0.6) is 5.75 Å². The van der Waals surface area contributed by atoms with E-state index in [4.69, 9.17) is 9.47 Å². The monoisotopic (exact) mass is 291 g/mol. The fourth-order valence-electron chi connectivity index (χ4n) is 3.06. The van der Waals surface area contributed by atoms with Gasteiger partial charge < -0.3 is 14.8 Å². The van der Waals surface area contributed by atoms with Crippen molar-refractivity contribution in [3.8, 4) is 5.75 Å². The van der Waals surface area contributed by atoms with Gasteiger partial charge in [-0.25, -0.2) is 0 Å². The van der Waals surface area contributed by atoms with Crippen molar-refractivity contribution < 1.29 is 9.47 Å². The summed E-state index contributed by atoms with van der Waals surface area (Å²) in [5, 5.41) is 3.72. The minimum Gasteiger partial charge on any atom is -0.497 e. The van der Waals surface area contributed by atoms with Gasteiger partial charge in [0.05, 0.1) is 7.11 Å². The van der Waals surface area contributed by atoms with E-state index in [-0.39, 0.29) is 0 Å². The van der Waals surface area contributed by atoms with E-state index in [0.717, 1.165) is 37.8 Å². The van der Waals surface area contributed by atoms with E-state index in [0.29, 0.717) is 6.04 Å². The van der Waals surface area contributed by atoms with Crippen molar-refractivity contribution in [3.63, 3.8) is 0 Å². The molecular formula is C18H29NO2. The molecule has 3 nitrogen and oxygen atoms in total. The number of benzene rings is 1. The molecule has 1 N–H and O–H groups in total. The van der Waals surface area contributed by atoms with E-state index in [1.54, 1.807) is 7.11 Å². The Kier molecular flexibility index (Phi) is 7.04. The van der Waals surface area contributed by atoms with Crippen LogP contribution in [0.25, 0.3) is 0 Å². The lowest BCUT2D eigenvalue weighted by molar-refractivity contribution is 0.0605. The minimum absolute atomic E-state index is 0.556. The maximum atomic E-state index is 5.47. The molecule has 1 aromatic carbocycles. The fourth-order valence-corrected chi connectivity index (χ4v) is 3.06. The first-order valence-electron chi connectivity index (χ1n) is 8.26. The summed E-state index contributed by atoms with van der Waals surface area (Å²) in [5.74, 6) is 1.76. The van der Waals surface area contributed by atoms with Crippen LogP contribution in [0.2, 0.25) is 0 Å². The molecule has 3 heteroatoms. The molecule has 1 aromatic rings. The topological polar surface area (TPSA) is 30.5 Å². The zero-order chi connectivity index (χ0) is 14.9. The van der Waals surface area contributed by atoms with Gasteiger partial charge in [0.25, 0.3) is 0 Å². The molecule has 1 atom stereocenters. The van der Waals surface area contributed by atoms with Crippen molar-refractivity contribution in [3.05, 3.63) is 29.8 Å². The van der Waals surface area contributed by atoms with Gasteiger partial charge in [-0.3, -0.25) is 0 Å². The van der Waals surface area contributed by atoms with E-state index < -0.39 is 0 Å². The molecule has 2 rings (SSSR count). The van der Waals surface area contributed by atoms with E-state index >= 15 is 0 Å². The second kappa shape index (κ2) is 9.06. The van der Waals surface area contributed by atoms with Crippen LogP contribution in [0.15, 0.2) is 24.3 Å². The van der Waals surface area contributed by atoms with Gasteiger partial charge in [0.1, 0.15) is 5.75 Å². The van der Waals surface area contributed by atoms with Gasteiger partial charge in [-0.05, 0) is 62.3 Å². The maximum Gasteiger partial charge on any atom is 0.119 e. The van der Waals surface area contributed by atoms with Crippen molar-refractivity contribution >= 4 is 0 Å². The quantitative estimate of drug-likeness (QED) is 0.796. The summed E-state index contributed by atoms with van der Waals surface area (Å²) in [6.45, 7) is 5.19. The molecule has 1 unspecified atom stereocenters. The van der Waals surface area contributed by atoms with Crippen LogP contribution in [-0.4, -0.2) is 32.9 Å². The van der Waals surface area contributed by atoms with Gasteiger partial charge in [-0.1, -0.05) is 19.1 Å². The van der Waals surface area contributed by atoms with Crippen molar-refractivity contribution in [1.29, 1.82) is 0 Å². The van der Waals surface area contributed by atoms with Crippen LogP contribution >= 0.6 is 0 Å². The third-order valence-electron chi connectivity index (χ3n) is 4.26. The van der Waals surface area contributed by atoms with E-state index in [2.05, 4.69) is 30.4 Å². The fraction of sp³-hybridized carbons (Fsp3) is 0.667. The van der Waals surface area contributed by atoms with Crippen LogP contribution in [0.1, 0.15) is 38.2 Å². The summed E-state index contributed by atoms with van der Waals surface area (Å²) in [5.41, 5.74) is 1.36. The molecule has 0 bridgehead atoms. The molecule has 1 saturated heterocycles. The van der Waals surface area contributed by atoms with Gasteiger partial charge in [-0.2, -0.15) is 0 Å². The molecule has 0 spiro atoms. The zero-order valence-electron chi connectivity index (χ0n) is 13.4. The molecule has 1 aliphatic heterocycles. The van der Waals surface area contributed by atoms with Crippen LogP contribution < -0.4 is 10.1 Å². The van der Waals surface area contributed by atoms with Gasteiger partial charge in [0, 0.05) is 19.3 Å². The summed E-state index contributed by atoms with van der Waals surface area (Å²) in [7, 11) is 1.73. The Morgan fingerprint density at radius 3 is 2.86 bits per heavy atom. The molecular weight excluding hydrogens is 262 g/mol. The van der Waals surface area contributed by atoms with Gasteiger partial charge in [0.15, 0.2) is 0 Å². The first-order chi connectivity index (χ1) is 10.3. The number of ether oxygens (including phenoxy) is 2. The van der Waals surface area contributed by atoms with Crippen molar-refractivity contribution in [2.45, 2.75) is 45.1 Å². The highest BCUT2D eigenvalue weighted by Gasteiger charge is 2.19. The minimum atomic E-state index is 0.556.